The molecule has 4 nitrogen and oxygen atoms in total. The molecule has 21 heavy (non-hydrogen) atoms. The van der Waals surface area contributed by atoms with Gasteiger partial charge in [-0.25, -0.2) is 4.79 Å². The monoisotopic (exact) mass is 310 g/mol. The first kappa shape index (κ1) is 16.1. The van der Waals surface area contributed by atoms with Crippen LogP contribution in [0, 0.1) is 5.41 Å². The fourth-order valence-corrected chi connectivity index (χ4v) is 2.96. The smallest absolute Gasteiger partial charge is 0.317 e. The Morgan fingerprint density at radius 1 is 1.43 bits per heavy atom. The molecule has 1 aliphatic heterocycles. The number of hydrogen-bond acceptors (Lipinski definition) is 2. The molecule has 0 unspecified atom stereocenters. The SMILES string of the molecule is CCC1(CO)CCN(C(=O)NCc2cccc(Cl)c2)CC1. The molecule has 0 spiro atoms. The summed E-state index contributed by atoms with van der Waals surface area (Å²) in [6.07, 6.45) is 2.69. The summed E-state index contributed by atoms with van der Waals surface area (Å²) in [4.78, 5) is 14.0. The average Bonchev–Trinajstić information content (AvgIpc) is 2.53. The fourth-order valence-electron chi connectivity index (χ4n) is 2.74. The second kappa shape index (κ2) is 7.14. The highest BCUT2D eigenvalue weighted by atomic mass is 35.5. The fraction of sp³-hybridized carbons (Fsp3) is 0.562. The minimum Gasteiger partial charge on any atom is -0.396 e. The lowest BCUT2D eigenvalue weighted by atomic mass is 9.77. The van der Waals surface area contributed by atoms with E-state index in [1.807, 2.05) is 29.2 Å². The second-order valence-electron chi connectivity index (χ2n) is 5.79. The molecule has 2 N–H and O–H groups in total. The number of carbonyl (C=O) groups excluding carboxylic acids is 1. The molecular weight excluding hydrogens is 288 g/mol. The molecule has 0 saturated carbocycles. The second-order valence-corrected chi connectivity index (χ2v) is 6.22. The van der Waals surface area contributed by atoms with Crippen LogP contribution in [0.15, 0.2) is 24.3 Å². The number of aliphatic hydroxyl groups excluding tert-OH is 1. The maximum Gasteiger partial charge on any atom is 0.317 e. The van der Waals surface area contributed by atoms with Crippen molar-refractivity contribution in [2.75, 3.05) is 19.7 Å². The zero-order valence-corrected chi connectivity index (χ0v) is 13.2. The standard InChI is InChI=1S/C16H23ClN2O2/c1-2-16(12-20)6-8-19(9-7-16)15(21)18-11-13-4-3-5-14(17)10-13/h3-5,10,20H,2,6-9,11-12H2,1H3,(H,18,21). The van der Waals surface area contributed by atoms with Gasteiger partial charge in [-0.1, -0.05) is 30.7 Å². The molecule has 2 amide bonds. The predicted molar refractivity (Wildman–Crippen MR) is 84.3 cm³/mol. The van der Waals surface area contributed by atoms with Crippen LogP contribution in [0.4, 0.5) is 4.79 Å². The lowest BCUT2D eigenvalue weighted by Gasteiger charge is -2.40. The van der Waals surface area contributed by atoms with Crippen molar-refractivity contribution in [3.8, 4) is 0 Å². The number of urea groups is 1. The van der Waals surface area contributed by atoms with E-state index in [4.69, 9.17) is 11.6 Å². The zero-order valence-electron chi connectivity index (χ0n) is 12.4. The van der Waals surface area contributed by atoms with Gasteiger partial charge in [-0.2, -0.15) is 0 Å². The average molecular weight is 311 g/mol. The van der Waals surface area contributed by atoms with Crippen LogP contribution in [0.1, 0.15) is 31.7 Å². The Morgan fingerprint density at radius 2 is 2.14 bits per heavy atom. The number of nitrogens with zero attached hydrogens (tertiary/aromatic N) is 1. The molecule has 0 bridgehead atoms. The first-order valence-electron chi connectivity index (χ1n) is 7.47. The summed E-state index contributed by atoms with van der Waals surface area (Å²) in [6.45, 7) is 4.20. The highest BCUT2D eigenvalue weighted by Crippen LogP contribution is 2.34. The van der Waals surface area contributed by atoms with Gasteiger partial charge in [-0.05, 0) is 42.4 Å². The van der Waals surface area contributed by atoms with Gasteiger partial charge in [0.2, 0.25) is 0 Å². The molecule has 0 radical (unpaired) electrons. The lowest BCUT2D eigenvalue weighted by molar-refractivity contribution is 0.0519. The summed E-state index contributed by atoms with van der Waals surface area (Å²) >= 11 is 5.93. The van der Waals surface area contributed by atoms with Gasteiger partial charge >= 0.3 is 6.03 Å². The highest BCUT2D eigenvalue weighted by molar-refractivity contribution is 6.30. The molecular formula is C16H23ClN2O2. The van der Waals surface area contributed by atoms with Crippen LogP contribution in [0.25, 0.3) is 0 Å². The van der Waals surface area contributed by atoms with E-state index in [0.717, 1.165) is 24.8 Å². The van der Waals surface area contributed by atoms with Gasteiger partial charge in [0.15, 0.2) is 0 Å². The number of benzene rings is 1. The van der Waals surface area contributed by atoms with Crippen molar-refractivity contribution in [1.29, 1.82) is 0 Å². The van der Waals surface area contributed by atoms with E-state index >= 15 is 0 Å². The molecule has 5 heteroatoms. The largest absolute Gasteiger partial charge is 0.396 e. The molecule has 1 saturated heterocycles. The molecule has 0 aromatic heterocycles. The number of nitrogens with one attached hydrogen (secondary N) is 1. The first-order valence-corrected chi connectivity index (χ1v) is 7.84. The van der Waals surface area contributed by atoms with Crippen molar-refractivity contribution in [3.63, 3.8) is 0 Å². The van der Waals surface area contributed by atoms with Crippen LogP contribution in [-0.2, 0) is 6.54 Å². The van der Waals surface area contributed by atoms with Crippen molar-refractivity contribution < 1.29 is 9.90 Å². The van der Waals surface area contributed by atoms with Gasteiger partial charge in [0.05, 0.1) is 0 Å². The Bertz CT molecular complexity index is 479. The Labute approximate surface area is 131 Å². The molecule has 0 aliphatic carbocycles. The Kier molecular flexibility index (Phi) is 5.48. The number of aliphatic hydroxyl groups is 1. The number of rotatable bonds is 4. The summed E-state index contributed by atoms with van der Waals surface area (Å²) in [5, 5.41) is 13.1. The third-order valence-electron chi connectivity index (χ3n) is 4.53. The third-order valence-corrected chi connectivity index (χ3v) is 4.76. The van der Waals surface area contributed by atoms with E-state index in [1.165, 1.54) is 0 Å². The normalized spacial score (nSPS) is 17.6. The molecule has 0 atom stereocenters. The number of halogens is 1. The first-order chi connectivity index (χ1) is 10.1. The molecule has 1 aliphatic rings. The summed E-state index contributed by atoms with van der Waals surface area (Å²) in [5.74, 6) is 0. The van der Waals surface area contributed by atoms with Gasteiger partial charge in [0.1, 0.15) is 0 Å². The number of hydrogen-bond donors (Lipinski definition) is 2. The number of carbonyl (C=O) groups is 1. The minimum absolute atomic E-state index is 0.00371. The molecule has 1 aromatic rings. The van der Waals surface area contributed by atoms with Crippen molar-refractivity contribution in [3.05, 3.63) is 34.9 Å². The Balaban J connectivity index is 1.82. The van der Waals surface area contributed by atoms with Crippen molar-refractivity contribution in [2.45, 2.75) is 32.7 Å². The van der Waals surface area contributed by atoms with E-state index in [1.54, 1.807) is 0 Å². The lowest BCUT2D eigenvalue weighted by Crippen LogP contribution is -2.48. The van der Waals surface area contributed by atoms with Crippen molar-refractivity contribution in [2.24, 2.45) is 5.41 Å². The zero-order chi connectivity index (χ0) is 15.3. The molecule has 1 aromatic carbocycles. The maximum atomic E-state index is 12.2. The van der Waals surface area contributed by atoms with Crippen LogP contribution in [0.5, 0.6) is 0 Å². The van der Waals surface area contributed by atoms with Crippen LogP contribution in [0.2, 0.25) is 5.02 Å². The molecule has 116 valence electrons. The van der Waals surface area contributed by atoms with E-state index in [-0.39, 0.29) is 18.1 Å². The highest BCUT2D eigenvalue weighted by Gasteiger charge is 2.33. The number of likely N-dealkylation sites (tertiary alicyclic amines) is 1. The van der Waals surface area contributed by atoms with Crippen LogP contribution in [0.3, 0.4) is 0 Å². The number of piperidine rings is 1. The van der Waals surface area contributed by atoms with Crippen molar-refractivity contribution in [1.82, 2.24) is 10.2 Å². The minimum atomic E-state index is -0.0439. The van der Waals surface area contributed by atoms with Crippen molar-refractivity contribution >= 4 is 17.6 Å². The maximum absolute atomic E-state index is 12.2. The quantitative estimate of drug-likeness (QED) is 0.898. The van der Waals surface area contributed by atoms with Gasteiger partial charge in [0, 0.05) is 31.3 Å². The predicted octanol–water partition coefficient (Wildman–Crippen LogP) is 3.03. The van der Waals surface area contributed by atoms with Gasteiger partial charge in [-0.3, -0.25) is 0 Å². The van der Waals surface area contributed by atoms with E-state index in [0.29, 0.717) is 24.7 Å². The molecule has 2 rings (SSSR count). The van der Waals surface area contributed by atoms with E-state index in [9.17, 15) is 9.90 Å². The summed E-state index contributed by atoms with van der Waals surface area (Å²) in [7, 11) is 0. The summed E-state index contributed by atoms with van der Waals surface area (Å²) in [6, 6.07) is 7.44. The topological polar surface area (TPSA) is 52.6 Å². The van der Waals surface area contributed by atoms with Gasteiger partial charge in [-0.15, -0.1) is 0 Å². The molecule has 1 fully saturated rings. The van der Waals surface area contributed by atoms with Gasteiger partial charge < -0.3 is 15.3 Å². The van der Waals surface area contributed by atoms with Crippen LogP contribution < -0.4 is 5.32 Å². The van der Waals surface area contributed by atoms with E-state index < -0.39 is 0 Å². The Morgan fingerprint density at radius 3 is 2.71 bits per heavy atom. The summed E-state index contributed by atoms with van der Waals surface area (Å²) < 4.78 is 0. The molecule has 1 heterocycles. The number of amides is 2. The summed E-state index contributed by atoms with van der Waals surface area (Å²) in [5.41, 5.74) is 0.995. The van der Waals surface area contributed by atoms with E-state index in [2.05, 4.69) is 12.2 Å². The third kappa shape index (κ3) is 4.11. The van der Waals surface area contributed by atoms with Crippen LogP contribution >= 0.6 is 11.6 Å². The van der Waals surface area contributed by atoms with Gasteiger partial charge in [0.25, 0.3) is 0 Å². The van der Waals surface area contributed by atoms with Crippen LogP contribution in [-0.4, -0.2) is 35.7 Å². The Hall–Kier alpha value is -1.26.